The van der Waals surface area contributed by atoms with Gasteiger partial charge in [0, 0.05) is 12.5 Å². The smallest absolute Gasteiger partial charge is 0.408 e. The topological polar surface area (TPSA) is 185 Å². The lowest BCUT2D eigenvalue weighted by Gasteiger charge is -2.36. The van der Waals surface area contributed by atoms with Gasteiger partial charge in [-0.05, 0) is 55.4 Å². The molecule has 2 aromatic rings. The van der Waals surface area contributed by atoms with Crippen LogP contribution in [0, 0.1) is 11.3 Å². The van der Waals surface area contributed by atoms with Gasteiger partial charge in [-0.1, -0.05) is 69.3 Å². The average molecular weight is 719 g/mol. The second kappa shape index (κ2) is 13.4. The quantitative estimate of drug-likeness (QED) is 0.311. The zero-order chi connectivity index (χ0) is 36.7. The van der Waals surface area contributed by atoms with E-state index in [2.05, 4.69) is 17.2 Å². The standard InChI is InChI=1S/C34H46N4O9S2/c1-9-24-18-34(24,30(41)37-48(8,43)44)36-28(39)26-17-25(49(45,46)20-21-14-15-22-12-10-11-13-23(22)16-21)19-38(26)29(40)27(32(2,3)4)35-31(42)47-33(5,6)7/h9-16,24-27H,1,17-20H2,2-8H3,(H,35,42)(H,36,39)(H,37,41)/t24-,25-,26+,27-,34-/m1/s1. The number of ether oxygens (including phenoxy) is 1. The Bertz CT molecular complexity index is 1880. The van der Waals surface area contributed by atoms with E-state index in [9.17, 15) is 36.0 Å². The van der Waals surface area contributed by atoms with E-state index in [-0.39, 0.29) is 25.1 Å². The molecule has 5 atom stereocenters. The van der Waals surface area contributed by atoms with E-state index >= 15 is 0 Å². The number of likely N-dealkylation sites (tertiary alicyclic amines) is 1. The molecule has 0 bridgehead atoms. The number of sulfonamides is 1. The highest BCUT2D eigenvalue weighted by molar-refractivity contribution is 7.91. The summed E-state index contributed by atoms with van der Waals surface area (Å²) in [4.78, 5) is 55.4. The van der Waals surface area contributed by atoms with Gasteiger partial charge in [0.1, 0.15) is 23.2 Å². The van der Waals surface area contributed by atoms with Crippen LogP contribution in [0.25, 0.3) is 10.8 Å². The van der Waals surface area contributed by atoms with Crippen LogP contribution in [0.15, 0.2) is 55.1 Å². The number of fused-ring (bicyclic) bond motifs is 1. The number of hydrogen-bond acceptors (Lipinski definition) is 9. The van der Waals surface area contributed by atoms with Crippen LogP contribution in [0.3, 0.4) is 0 Å². The summed E-state index contributed by atoms with van der Waals surface area (Å²) in [6.07, 6.45) is 1.11. The Balaban J connectivity index is 1.68. The Morgan fingerprint density at radius 3 is 2.20 bits per heavy atom. The fourth-order valence-corrected chi connectivity index (χ4v) is 8.33. The normalized spacial score (nSPS) is 23.3. The Labute approximate surface area is 288 Å². The third kappa shape index (κ3) is 8.98. The minimum atomic E-state index is -3.98. The fourth-order valence-electron chi connectivity index (χ4n) is 6.07. The van der Waals surface area contributed by atoms with Crippen molar-refractivity contribution in [3.8, 4) is 0 Å². The molecule has 1 aliphatic heterocycles. The van der Waals surface area contributed by atoms with E-state index in [0.717, 1.165) is 21.9 Å². The first-order chi connectivity index (χ1) is 22.5. The lowest BCUT2D eigenvalue weighted by Crippen LogP contribution is -2.60. The van der Waals surface area contributed by atoms with Crippen LogP contribution in [0.1, 0.15) is 59.9 Å². The number of alkyl carbamates (subject to hydrolysis) is 1. The molecule has 3 N–H and O–H groups in total. The minimum Gasteiger partial charge on any atom is -0.444 e. The summed E-state index contributed by atoms with van der Waals surface area (Å²) in [5.41, 5.74) is -2.90. The lowest BCUT2D eigenvalue weighted by molar-refractivity contribution is -0.142. The third-order valence-electron chi connectivity index (χ3n) is 8.64. The molecule has 0 unspecified atom stereocenters. The van der Waals surface area contributed by atoms with E-state index in [1.54, 1.807) is 53.7 Å². The van der Waals surface area contributed by atoms with E-state index < -0.39 is 83.5 Å². The first-order valence-electron chi connectivity index (χ1n) is 15.9. The van der Waals surface area contributed by atoms with Gasteiger partial charge in [0.2, 0.25) is 21.8 Å². The van der Waals surface area contributed by atoms with E-state index in [4.69, 9.17) is 4.74 Å². The number of nitrogens with one attached hydrogen (secondary N) is 3. The summed E-state index contributed by atoms with van der Waals surface area (Å²) in [5, 5.41) is 5.85. The number of amides is 4. The van der Waals surface area contributed by atoms with E-state index in [1.807, 2.05) is 35.1 Å². The number of benzene rings is 2. The second-order valence-electron chi connectivity index (χ2n) is 15.0. The summed E-state index contributed by atoms with van der Waals surface area (Å²) in [7, 11) is -7.95. The lowest BCUT2D eigenvalue weighted by atomic mass is 9.85. The van der Waals surface area contributed by atoms with Crippen LogP contribution >= 0.6 is 0 Å². The molecular formula is C34H46N4O9S2. The average Bonchev–Trinajstić information content (AvgIpc) is 3.47. The predicted octanol–water partition coefficient (Wildman–Crippen LogP) is 2.80. The van der Waals surface area contributed by atoms with Crippen LogP contribution < -0.4 is 15.4 Å². The van der Waals surface area contributed by atoms with Gasteiger partial charge in [-0.2, -0.15) is 0 Å². The van der Waals surface area contributed by atoms with Gasteiger partial charge < -0.3 is 20.3 Å². The largest absolute Gasteiger partial charge is 0.444 e. The van der Waals surface area contributed by atoms with Crippen molar-refractivity contribution in [1.82, 2.24) is 20.3 Å². The van der Waals surface area contributed by atoms with Crippen molar-refractivity contribution >= 4 is 54.4 Å². The Kier molecular flexibility index (Phi) is 10.3. The number of rotatable bonds is 10. The molecule has 1 heterocycles. The number of sulfone groups is 1. The Hall–Kier alpha value is -3.98. The summed E-state index contributed by atoms with van der Waals surface area (Å²) in [5.74, 6) is -3.48. The minimum absolute atomic E-state index is 0.0543. The number of hydrogen-bond donors (Lipinski definition) is 3. The van der Waals surface area contributed by atoms with Crippen molar-refractivity contribution in [1.29, 1.82) is 0 Å². The highest BCUT2D eigenvalue weighted by Crippen LogP contribution is 2.45. The summed E-state index contributed by atoms with van der Waals surface area (Å²) < 4.78 is 58.9. The maximum Gasteiger partial charge on any atom is 0.408 e. The van der Waals surface area contributed by atoms with Crippen molar-refractivity contribution in [3.05, 3.63) is 60.7 Å². The molecule has 0 aromatic heterocycles. The number of carbonyl (C=O) groups is 4. The van der Waals surface area contributed by atoms with Gasteiger partial charge in [-0.25, -0.2) is 21.6 Å². The van der Waals surface area contributed by atoms with Crippen LogP contribution in [0.5, 0.6) is 0 Å². The van der Waals surface area contributed by atoms with E-state index in [0.29, 0.717) is 5.56 Å². The predicted molar refractivity (Wildman–Crippen MR) is 185 cm³/mol. The van der Waals surface area contributed by atoms with Gasteiger partial charge in [-0.15, -0.1) is 6.58 Å². The summed E-state index contributed by atoms with van der Waals surface area (Å²) in [6.45, 7) is 13.4. The van der Waals surface area contributed by atoms with Crippen molar-refractivity contribution in [2.75, 3.05) is 12.8 Å². The van der Waals surface area contributed by atoms with Crippen molar-refractivity contribution in [2.24, 2.45) is 11.3 Å². The molecule has 2 fully saturated rings. The molecule has 1 aliphatic carbocycles. The van der Waals surface area contributed by atoms with Crippen LogP contribution in [0.2, 0.25) is 0 Å². The number of carbonyl (C=O) groups excluding carboxylic acids is 4. The molecular weight excluding hydrogens is 673 g/mol. The van der Waals surface area contributed by atoms with Crippen LogP contribution in [-0.4, -0.2) is 86.8 Å². The molecule has 268 valence electrons. The molecule has 4 amide bonds. The Morgan fingerprint density at radius 2 is 1.65 bits per heavy atom. The zero-order valence-corrected chi connectivity index (χ0v) is 30.5. The SMILES string of the molecule is C=C[C@@H]1C[C@]1(NC(=O)[C@@H]1C[C@@H](S(=O)(=O)Cc2ccc3ccccc3c2)CN1C(=O)[C@@H](NC(=O)OC(C)(C)C)C(C)(C)C)C(=O)NS(C)(=O)=O. The molecule has 13 nitrogen and oxygen atoms in total. The van der Waals surface area contributed by atoms with Crippen LogP contribution in [0.4, 0.5) is 4.79 Å². The van der Waals surface area contributed by atoms with Crippen molar-refractivity contribution in [2.45, 2.75) is 88.6 Å². The molecule has 2 aromatic carbocycles. The molecule has 4 rings (SSSR count). The molecule has 0 radical (unpaired) electrons. The molecule has 0 spiro atoms. The highest BCUT2D eigenvalue weighted by Gasteiger charge is 2.61. The molecule has 15 heteroatoms. The zero-order valence-electron chi connectivity index (χ0n) is 28.9. The van der Waals surface area contributed by atoms with E-state index in [1.165, 1.54) is 6.08 Å². The van der Waals surface area contributed by atoms with Gasteiger partial charge in [0.25, 0.3) is 5.91 Å². The van der Waals surface area contributed by atoms with Gasteiger partial charge in [0.15, 0.2) is 9.84 Å². The highest BCUT2D eigenvalue weighted by atomic mass is 32.2. The first-order valence-corrected chi connectivity index (χ1v) is 19.5. The molecule has 49 heavy (non-hydrogen) atoms. The van der Waals surface area contributed by atoms with Crippen molar-refractivity contribution < 1.29 is 40.8 Å². The molecule has 1 saturated heterocycles. The third-order valence-corrected chi connectivity index (χ3v) is 11.3. The molecule has 2 aliphatic rings. The van der Waals surface area contributed by atoms with Gasteiger partial charge >= 0.3 is 6.09 Å². The molecule has 1 saturated carbocycles. The fraction of sp³-hybridized carbons (Fsp3) is 0.529. The first kappa shape index (κ1) is 37.8. The maximum absolute atomic E-state index is 14.3. The summed E-state index contributed by atoms with van der Waals surface area (Å²) >= 11 is 0. The maximum atomic E-state index is 14.3. The summed E-state index contributed by atoms with van der Waals surface area (Å²) in [6, 6.07) is 10.2. The second-order valence-corrected chi connectivity index (χ2v) is 19.0. The monoisotopic (exact) mass is 718 g/mol. The van der Waals surface area contributed by atoms with Crippen molar-refractivity contribution in [3.63, 3.8) is 0 Å². The van der Waals surface area contributed by atoms with Gasteiger partial charge in [-0.3, -0.25) is 19.1 Å². The Morgan fingerprint density at radius 1 is 1.02 bits per heavy atom. The van der Waals surface area contributed by atoms with Gasteiger partial charge in [0.05, 0.1) is 17.3 Å². The number of nitrogens with zero attached hydrogens (tertiary/aromatic N) is 1. The van der Waals surface area contributed by atoms with Crippen LogP contribution in [-0.2, 0) is 44.7 Å².